The lowest BCUT2D eigenvalue weighted by atomic mass is 10.0. The summed E-state index contributed by atoms with van der Waals surface area (Å²) < 4.78 is 12.9. The summed E-state index contributed by atoms with van der Waals surface area (Å²) in [6.45, 7) is 1.97. The zero-order valence-electron chi connectivity index (χ0n) is 7.92. The first-order chi connectivity index (χ1) is 6.75. The Morgan fingerprint density at radius 2 is 1.86 bits per heavy atom. The van der Waals surface area contributed by atoms with E-state index in [9.17, 15) is 4.39 Å². The van der Waals surface area contributed by atoms with Crippen LogP contribution in [-0.4, -0.2) is 0 Å². The van der Waals surface area contributed by atoms with Crippen LogP contribution in [0.2, 0.25) is 0 Å². The number of hydrogen-bond acceptors (Lipinski definition) is 0. The molecule has 14 heavy (non-hydrogen) atoms. The van der Waals surface area contributed by atoms with Crippen LogP contribution in [0.4, 0.5) is 4.39 Å². The van der Waals surface area contributed by atoms with Crippen LogP contribution in [0.25, 0.3) is 11.1 Å². The van der Waals surface area contributed by atoms with Crippen molar-refractivity contribution < 1.29 is 4.39 Å². The zero-order chi connectivity index (χ0) is 9.97. The third-order valence-electron chi connectivity index (χ3n) is 2.10. The smallest absolute Gasteiger partial charge is 0.123 e. The van der Waals surface area contributed by atoms with E-state index >= 15 is 0 Å². The van der Waals surface area contributed by atoms with Crippen LogP contribution < -0.4 is 0 Å². The van der Waals surface area contributed by atoms with Gasteiger partial charge < -0.3 is 0 Å². The Labute approximate surface area is 83.0 Å². The summed E-state index contributed by atoms with van der Waals surface area (Å²) in [4.78, 5) is 0. The molecule has 1 heteroatoms. The fourth-order valence-electron chi connectivity index (χ4n) is 1.43. The summed E-state index contributed by atoms with van der Waals surface area (Å²) in [5.41, 5.74) is 3.00. The van der Waals surface area contributed by atoms with E-state index in [1.165, 1.54) is 12.1 Å². The van der Waals surface area contributed by atoms with Gasteiger partial charge in [0, 0.05) is 0 Å². The SMILES string of the molecule is Cc1[c]ccc(-c2cccc(F)c2)c1. The van der Waals surface area contributed by atoms with Gasteiger partial charge in [-0.25, -0.2) is 4.39 Å². The highest BCUT2D eigenvalue weighted by molar-refractivity contribution is 5.63. The molecule has 0 unspecified atom stereocenters. The van der Waals surface area contributed by atoms with Crippen molar-refractivity contribution >= 4 is 0 Å². The van der Waals surface area contributed by atoms with Crippen LogP contribution in [-0.2, 0) is 0 Å². The number of aryl methyl sites for hydroxylation is 1. The second-order valence-electron chi connectivity index (χ2n) is 3.27. The van der Waals surface area contributed by atoms with E-state index in [4.69, 9.17) is 0 Å². The van der Waals surface area contributed by atoms with E-state index in [1.54, 1.807) is 6.07 Å². The van der Waals surface area contributed by atoms with Crippen molar-refractivity contribution in [1.82, 2.24) is 0 Å². The van der Waals surface area contributed by atoms with Crippen LogP contribution in [0.3, 0.4) is 0 Å². The molecule has 0 N–H and O–H groups in total. The van der Waals surface area contributed by atoms with Crippen LogP contribution in [0, 0.1) is 18.8 Å². The summed E-state index contributed by atoms with van der Waals surface area (Å²) in [5, 5.41) is 0. The van der Waals surface area contributed by atoms with Crippen LogP contribution >= 0.6 is 0 Å². The van der Waals surface area contributed by atoms with Gasteiger partial charge in [0.15, 0.2) is 0 Å². The van der Waals surface area contributed by atoms with Crippen LogP contribution in [0.5, 0.6) is 0 Å². The Balaban J connectivity index is 2.49. The third-order valence-corrected chi connectivity index (χ3v) is 2.10. The standard InChI is InChI=1S/C13H10F/c1-10-4-2-5-11(8-10)12-6-3-7-13(14)9-12/h2-3,5-9H,1H3. The normalized spacial score (nSPS) is 10.1. The van der Waals surface area contributed by atoms with Crippen molar-refractivity contribution in [3.8, 4) is 11.1 Å². The zero-order valence-corrected chi connectivity index (χ0v) is 7.92. The van der Waals surface area contributed by atoms with Crippen molar-refractivity contribution in [2.75, 3.05) is 0 Å². The maximum absolute atomic E-state index is 12.9. The molecule has 0 saturated heterocycles. The van der Waals surface area contributed by atoms with Crippen LogP contribution in [0.15, 0.2) is 42.5 Å². The number of benzene rings is 2. The molecule has 0 bridgehead atoms. The van der Waals surface area contributed by atoms with Gasteiger partial charge in [0.05, 0.1) is 0 Å². The lowest BCUT2D eigenvalue weighted by molar-refractivity contribution is 0.628. The summed E-state index contributed by atoms with van der Waals surface area (Å²) in [6, 6.07) is 15.5. The molecule has 0 aliphatic heterocycles. The molecule has 0 amide bonds. The molecular formula is C13H10F. The van der Waals surface area contributed by atoms with Crippen molar-refractivity contribution in [3.05, 3.63) is 59.9 Å². The molecule has 0 aromatic heterocycles. The van der Waals surface area contributed by atoms with Gasteiger partial charge in [-0.15, -0.1) is 0 Å². The first-order valence-electron chi connectivity index (χ1n) is 4.50. The van der Waals surface area contributed by atoms with Gasteiger partial charge >= 0.3 is 0 Å². The third kappa shape index (κ3) is 1.82. The van der Waals surface area contributed by atoms with Gasteiger partial charge in [0.1, 0.15) is 5.82 Å². The van der Waals surface area contributed by atoms with E-state index in [1.807, 2.05) is 31.2 Å². The number of rotatable bonds is 1. The lowest BCUT2D eigenvalue weighted by Gasteiger charge is -2.02. The summed E-state index contributed by atoms with van der Waals surface area (Å²) >= 11 is 0. The van der Waals surface area contributed by atoms with Gasteiger partial charge in [0.25, 0.3) is 0 Å². The first-order valence-corrected chi connectivity index (χ1v) is 4.50. The molecule has 0 aliphatic carbocycles. The maximum atomic E-state index is 12.9. The van der Waals surface area contributed by atoms with Crippen molar-refractivity contribution in [2.45, 2.75) is 6.92 Å². The molecule has 1 radical (unpaired) electrons. The minimum atomic E-state index is -0.201. The lowest BCUT2D eigenvalue weighted by Crippen LogP contribution is -1.80. The van der Waals surface area contributed by atoms with Crippen molar-refractivity contribution in [2.24, 2.45) is 0 Å². The van der Waals surface area contributed by atoms with Gasteiger partial charge in [-0.1, -0.05) is 30.3 Å². The quantitative estimate of drug-likeness (QED) is 0.636. The molecule has 2 aromatic carbocycles. The topological polar surface area (TPSA) is 0 Å². The first kappa shape index (κ1) is 8.95. The van der Waals surface area contributed by atoms with E-state index in [0.717, 1.165) is 16.7 Å². The molecule has 2 aromatic rings. The highest BCUT2D eigenvalue weighted by atomic mass is 19.1. The largest absolute Gasteiger partial charge is 0.207 e. The van der Waals surface area contributed by atoms with E-state index < -0.39 is 0 Å². The average molecular weight is 185 g/mol. The molecule has 69 valence electrons. The van der Waals surface area contributed by atoms with Gasteiger partial charge in [-0.2, -0.15) is 0 Å². The minimum absolute atomic E-state index is 0.201. The summed E-state index contributed by atoms with van der Waals surface area (Å²) in [6.07, 6.45) is 0. The monoisotopic (exact) mass is 185 g/mol. The Morgan fingerprint density at radius 3 is 2.57 bits per heavy atom. The van der Waals surface area contributed by atoms with E-state index in [0.29, 0.717) is 0 Å². The van der Waals surface area contributed by atoms with Crippen molar-refractivity contribution in [1.29, 1.82) is 0 Å². The molecule has 0 fully saturated rings. The predicted molar refractivity (Wildman–Crippen MR) is 55.4 cm³/mol. The fourth-order valence-corrected chi connectivity index (χ4v) is 1.43. The van der Waals surface area contributed by atoms with Gasteiger partial charge in [-0.05, 0) is 41.8 Å². The van der Waals surface area contributed by atoms with Gasteiger partial charge in [0.2, 0.25) is 0 Å². The molecule has 0 heterocycles. The Kier molecular flexibility index (Phi) is 2.32. The minimum Gasteiger partial charge on any atom is -0.207 e. The fraction of sp³-hybridized carbons (Fsp3) is 0.0769. The van der Waals surface area contributed by atoms with E-state index in [-0.39, 0.29) is 5.82 Å². The van der Waals surface area contributed by atoms with Gasteiger partial charge in [-0.3, -0.25) is 0 Å². The molecule has 0 aliphatic rings. The second kappa shape index (κ2) is 3.62. The summed E-state index contributed by atoms with van der Waals surface area (Å²) in [7, 11) is 0. The average Bonchev–Trinajstić information content (AvgIpc) is 2.18. The summed E-state index contributed by atoms with van der Waals surface area (Å²) in [5.74, 6) is -0.201. The molecule has 0 spiro atoms. The predicted octanol–water partition coefficient (Wildman–Crippen LogP) is 3.60. The number of hydrogen-bond donors (Lipinski definition) is 0. The Bertz CT molecular complexity index is 403. The maximum Gasteiger partial charge on any atom is 0.123 e. The number of halogens is 1. The second-order valence-corrected chi connectivity index (χ2v) is 3.27. The van der Waals surface area contributed by atoms with Crippen molar-refractivity contribution in [3.63, 3.8) is 0 Å². The molecule has 0 atom stereocenters. The Hall–Kier alpha value is -1.63. The highest BCUT2D eigenvalue weighted by Gasteiger charge is 1.98. The molecule has 0 nitrogen and oxygen atoms in total. The van der Waals surface area contributed by atoms with E-state index in [2.05, 4.69) is 6.07 Å². The Morgan fingerprint density at radius 1 is 1.07 bits per heavy atom. The highest BCUT2D eigenvalue weighted by Crippen LogP contribution is 2.20. The molecule has 2 rings (SSSR count). The molecular weight excluding hydrogens is 175 g/mol. The van der Waals surface area contributed by atoms with Crippen LogP contribution in [0.1, 0.15) is 5.56 Å². The molecule has 0 saturated carbocycles.